The van der Waals surface area contributed by atoms with Crippen LogP contribution in [0.15, 0.2) is 46.9 Å². The lowest BCUT2D eigenvalue weighted by molar-refractivity contribution is 0.296. The van der Waals surface area contributed by atoms with Crippen LogP contribution >= 0.6 is 0 Å². The van der Waals surface area contributed by atoms with Crippen LogP contribution in [-0.2, 0) is 6.54 Å². The van der Waals surface area contributed by atoms with Crippen LogP contribution in [0, 0.1) is 6.92 Å². The molecule has 2 N–H and O–H groups in total. The molecule has 2 atom stereocenters. The first-order valence-corrected chi connectivity index (χ1v) is 7.40. The van der Waals surface area contributed by atoms with E-state index >= 15 is 0 Å². The highest BCUT2D eigenvalue weighted by atomic mass is 16.3. The summed E-state index contributed by atoms with van der Waals surface area (Å²) in [7, 11) is 0. The van der Waals surface area contributed by atoms with Crippen molar-refractivity contribution in [3.05, 3.63) is 59.5 Å². The van der Waals surface area contributed by atoms with E-state index in [2.05, 4.69) is 47.0 Å². The zero-order chi connectivity index (χ0) is 13.8. The van der Waals surface area contributed by atoms with E-state index in [9.17, 15) is 0 Å². The summed E-state index contributed by atoms with van der Waals surface area (Å²) in [5.74, 6) is 1.99. The molecule has 20 heavy (non-hydrogen) atoms. The SMILES string of the molecule is Cc1ccc(CNC2CCCNC2c2ccccc2)o1. The third-order valence-corrected chi connectivity index (χ3v) is 3.95. The van der Waals surface area contributed by atoms with Gasteiger partial charge in [0, 0.05) is 12.1 Å². The van der Waals surface area contributed by atoms with Crippen LogP contribution in [0.4, 0.5) is 0 Å². The van der Waals surface area contributed by atoms with E-state index in [1.165, 1.54) is 18.4 Å². The molecule has 1 fully saturated rings. The molecule has 1 aliphatic heterocycles. The molecule has 106 valence electrons. The highest BCUT2D eigenvalue weighted by Crippen LogP contribution is 2.23. The molecule has 0 bridgehead atoms. The second kappa shape index (κ2) is 6.25. The molecule has 1 aromatic heterocycles. The molecule has 0 saturated carbocycles. The molecular weight excluding hydrogens is 248 g/mol. The smallest absolute Gasteiger partial charge is 0.117 e. The Hall–Kier alpha value is -1.58. The van der Waals surface area contributed by atoms with Crippen molar-refractivity contribution in [1.82, 2.24) is 10.6 Å². The maximum Gasteiger partial charge on any atom is 0.117 e. The molecule has 3 heteroatoms. The summed E-state index contributed by atoms with van der Waals surface area (Å²) >= 11 is 0. The van der Waals surface area contributed by atoms with Gasteiger partial charge in [-0.1, -0.05) is 30.3 Å². The number of benzene rings is 1. The predicted molar refractivity (Wildman–Crippen MR) is 80.5 cm³/mol. The first-order valence-electron chi connectivity index (χ1n) is 7.40. The molecule has 0 radical (unpaired) electrons. The van der Waals surface area contributed by atoms with Gasteiger partial charge in [0.2, 0.25) is 0 Å². The lowest BCUT2D eigenvalue weighted by atomic mass is 9.92. The second-order valence-corrected chi connectivity index (χ2v) is 5.48. The van der Waals surface area contributed by atoms with Crippen molar-refractivity contribution in [3.8, 4) is 0 Å². The Morgan fingerprint density at radius 1 is 1.20 bits per heavy atom. The van der Waals surface area contributed by atoms with Crippen LogP contribution < -0.4 is 10.6 Å². The summed E-state index contributed by atoms with van der Waals surface area (Å²) < 4.78 is 5.63. The minimum atomic E-state index is 0.390. The van der Waals surface area contributed by atoms with Crippen molar-refractivity contribution in [3.63, 3.8) is 0 Å². The summed E-state index contributed by atoms with van der Waals surface area (Å²) in [6.07, 6.45) is 2.42. The van der Waals surface area contributed by atoms with Crippen LogP contribution in [0.1, 0.15) is 36.0 Å². The number of nitrogens with one attached hydrogen (secondary N) is 2. The van der Waals surface area contributed by atoms with E-state index in [4.69, 9.17) is 4.42 Å². The van der Waals surface area contributed by atoms with E-state index in [0.29, 0.717) is 12.1 Å². The van der Waals surface area contributed by atoms with Gasteiger partial charge in [-0.2, -0.15) is 0 Å². The monoisotopic (exact) mass is 270 g/mol. The van der Waals surface area contributed by atoms with Gasteiger partial charge in [0.1, 0.15) is 11.5 Å². The molecule has 2 heterocycles. The summed E-state index contributed by atoms with van der Waals surface area (Å²) in [5.41, 5.74) is 1.36. The number of rotatable bonds is 4. The molecule has 1 saturated heterocycles. The van der Waals surface area contributed by atoms with Gasteiger partial charge in [0.05, 0.1) is 6.54 Å². The summed E-state index contributed by atoms with van der Waals surface area (Å²) in [6, 6.07) is 15.6. The normalized spacial score (nSPS) is 22.9. The quantitative estimate of drug-likeness (QED) is 0.896. The van der Waals surface area contributed by atoms with Crippen molar-refractivity contribution in [2.75, 3.05) is 6.54 Å². The minimum Gasteiger partial charge on any atom is -0.465 e. The molecule has 0 spiro atoms. The standard InChI is InChI=1S/C17H22N2O/c1-13-9-10-15(20-13)12-19-16-8-5-11-18-17(16)14-6-3-2-4-7-14/h2-4,6-7,9-10,16-19H,5,8,11-12H2,1H3. The van der Waals surface area contributed by atoms with Gasteiger partial charge in [-0.3, -0.25) is 0 Å². The Morgan fingerprint density at radius 2 is 2.05 bits per heavy atom. The topological polar surface area (TPSA) is 37.2 Å². The first-order chi connectivity index (χ1) is 9.83. The van der Waals surface area contributed by atoms with E-state index in [0.717, 1.165) is 24.6 Å². The summed E-state index contributed by atoms with van der Waals surface area (Å²) in [4.78, 5) is 0. The lowest BCUT2D eigenvalue weighted by Crippen LogP contribution is -2.45. The molecule has 1 aliphatic rings. The molecule has 0 aliphatic carbocycles. The Bertz CT molecular complexity index is 535. The summed E-state index contributed by atoms with van der Waals surface area (Å²) in [6.45, 7) is 3.87. The highest BCUT2D eigenvalue weighted by Gasteiger charge is 2.25. The minimum absolute atomic E-state index is 0.390. The average molecular weight is 270 g/mol. The van der Waals surface area contributed by atoms with Crippen LogP contribution in [0.2, 0.25) is 0 Å². The van der Waals surface area contributed by atoms with Gasteiger partial charge in [-0.15, -0.1) is 0 Å². The zero-order valence-electron chi connectivity index (χ0n) is 11.9. The fourth-order valence-electron chi connectivity index (χ4n) is 2.93. The maximum atomic E-state index is 5.63. The van der Waals surface area contributed by atoms with Crippen LogP contribution in [0.5, 0.6) is 0 Å². The van der Waals surface area contributed by atoms with E-state index < -0.39 is 0 Å². The van der Waals surface area contributed by atoms with Gasteiger partial charge < -0.3 is 15.1 Å². The number of furan rings is 1. The number of aryl methyl sites for hydroxylation is 1. The average Bonchev–Trinajstić information content (AvgIpc) is 2.92. The van der Waals surface area contributed by atoms with Crippen molar-refractivity contribution < 1.29 is 4.42 Å². The van der Waals surface area contributed by atoms with Gasteiger partial charge in [-0.05, 0) is 44.0 Å². The maximum absolute atomic E-state index is 5.63. The molecule has 3 nitrogen and oxygen atoms in total. The van der Waals surface area contributed by atoms with E-state index in [-0.39, 0.29) is 0 Å². The zero-order valence-corrected chi connectivity index (χ0v) is 11.9. The fourth-order valence-corrected chi connectivity index (χ4v) is 2.93. The Balaban J connectivity index is 1.66. The van der Waals surface area contributed by atoms with Crippen LogP contribution in [0.3, 0.4) is 0 Å². The first kappa shape index (κ1) is 13.4. The molecule has 1 aromatic carbocycles. The fraction of sp³-hybridized carbons (Fsp3) is 0.412. The molecule has 2 aromatic rings. The molecule has 2 unspecified atom stereocenters. The van der Waals surface area contributed by atoms with Crippen molar-refractivity contribution in [2.24, 2.45) is 0 Å². The molecule has 3 rings (SSSR count). The van der Waals surface area contributed by atoms with Crippen LogP contribution in [-0.4, -0.2) is 12.6 Å². The van der Waals surface area contributed by atoms with Crippen LogP contribution in [0.25, 0.3) is 0 Å². The third-order valence-electron chi connectivity index (χ3n) is 3.95. The van der Waals surface area contributed by atoms with Gasteiger partial charge in [0.15, 0.2) is 0 Å². The Kier molecular flexibility index (Phi) is 4.19. The second-order valence-electron chi connectivity index (χ2n) is 5.48. The predicted octanol–water partition coefficient (Wildman–Crippen LogP) is 3.17. The number of hydrogen-bond donors (Lipinski definition) is 2. The van der Waals surface area contributed by atoms with Crippen molar-refractivity contribution in [1.29, 1.82) is 0 Å². The van der Waals surface area contributed by atoms with Crippen molar-refractivity contribution >= 4 is 0 Å². The lowest BCUT2D eigenvalue weighted by Gasteiger charge is -2.33. The van der Waals surface area contributed by atoms with E-state index in [1.54, 1.807) is 0 Å². The van der Waals surface area contributed by atoms with Crippen molar-refractivity contribution in [2.45, 2.75) is 38.4 Å². The van der Waals surface area contributed by atoms with E-state index in [1.807, 2.05) is 13.0 Å². The third kappa shape index (κ3) is 3.11. The van der Waals surface area contributed by atoms with Gasteiger partial charge in [-0.25, -0.2) is 0 Å². The van der Waals surface area contributed by atoms with Gasteiger partial charge >= 0.3 is 0 Å². The molecular formula is C17H22N2O. The number of hydrogen-bond acceptors (Lipinski definition) is 3. The molecule has 0 amide bonds. The number of piperidine rings is 1. The Morgan fingerprint density at radius 3 is 2.80 bits per heavy atom. The summed E-state index contributed by atoms with van der Waals surface area (Å²) in [5, 5.41) is 7.28. The van der Waals surface area contributed by atoms with Gasteiger partial charge in [0.25, 0.3) is 0 Å². The largest absolute Gasteiger partial charge is 0.465 e. The highest BCUT2D eigenvalue weighted by molar-refractivity contribution is 5.21. The Labute approximate surface area is 120 Å².